The highest BCUT2D eigenvalue weighted by Gasteiger charge is 2.15. The Hall–Kier alpha value is -1.96. The molecule has 1 heterocycles. The van der Waals surface area contributed by atoms with Crippen LogP contribution in [0.25, 0.3) is 6.08 Å². The number of fused-ring (bicyclic) bond motifs is 1. The van der Waals surface area contributed by atoms with Crippen molar-refractivity contribution < 1.29 is 0 Å². The van der Waals surface area contributed by atoms with Crippen LogP contribution in [0.15, 0.2) is 53.2 Å². The lowest BCUT2D eigenvalue weighted by atomic mass is 9.96. The lowest BCUT2D eigenvalue weighted by molar-refractivity contribution is 1.25. The summed E-state index contributed by atoms with van der Waals surface area (Å²) in [4.78, 5) is 8.71. The van der Waals surface area contributed by atoms with Crippen LogP contribution in [0.2, 0.25) is 0 Å². The van der Waals surface area contributed by atoms with E-state index in [1.54, 1.807) is 13.2 Å². The second kappa shape index (κ2) is 4.71. The number of pyridine rings is 1. The molecule has 0 radical (unpaired) electrons. The topological polar surface area (TPSA) is 25.2 Å². The standard InChI is InChI=1S/C14H14N2/c1-3-4-6-11-8-9-12-7-5-10-16-14(12)13(11)15-2/h3-10H,1-2H3/b4-3-,11-6-,15-13-. The lowest BCUT2D eigenvalue weighted by Crippen LogP contribution is -2.11. The van der Waals surface area contributed by atoms with E-state index in [-0.39, 0.29) is 0 Å². The molecule has 2 nitrogen and oxygen atoms in total. The van der Waals surface area contributed by atoms with Crippen molar-refractivity contribution in [2.45, 2.75) is 6.92 Å². The van der Waals surface area contributed by atoms with Gasteiger partial charge in [0.05, 0.1) is 11.4 Å². The van der Waals surface area contributed by atoms with Crippen molar-refractivity contribution in [1.29, 1.82) is 0 Å². The van der Waals surface area contributed by atoms with Crippen LogP contribution in [-0.2, 0) is 0 Å². The first-order chi connectivity index (χ1) is 7.86. The molecule has 0 bridgehead atoms. The molecule has 1 aliphatic carbocycles. The molecule has 16 heavy (non-hydrogen) atoms. The minimum Gasteiger partial charge on any atom is -0.286 e. The van der Waals surface area contributed by atoms with Crippen LogP contribution >= 0.6 is 0 Å². The molecule has 1 aromatic rings. The van der Waals surface area contributed by atoms with Crippen LogP contribution in [0.1, 0.15) is 18.2 Å². The molecule has 80 valence electrons. The molecular weight excluding hydrogens is 196 g/mol. The summed E-state index contributed by atoms with van der Waals surface area (Å²) < 4.78 is 0. The van der Waals surface area contributed by atoms with Crippen molar-refractivity contribution in [3.8, 4) is 0 Å². The molecule has 2 rings (SSSR count). The van der Waals surface area contributed by atoms with Gasteiger partial charge in [0.2, 0.25) is 0 Å². The predicted molar refractivity (Wildman–Crippen MR) is 68.6 cm³/mol. The Kier molecular flexibility index (Phi) is 3.10. The fraction of sp³-hybridized carbons (Fsp3) is 0.143. The molecule has 0 amide bonds. The van der Waals surface area contributed by atoms with E-state index < -0.39 is 0 Å². The highest BCUT2D eigenvalue weighted by atomic mass is 14.8. The summed E-state index contributed by atoms with van der Waals surface area (Å²) in [5, 5.41) is 0. The van der Waals surface area contributed by atoms with Crippen LogP contribution < -0.4 is 0 Å². The van der Waals surface area contributed by atoms with Gasteiger partial charge in [-0.25, -0.2) is 0 Å². The molecule has 0 fully saturated rings. The zero-order chi connectivity index (χ0) is 11.4. The first kappa shape index (κ1) is 10.6. The molecule has 0 spiro atoms. The Bertz CT molecular complexity index is 505. The quantitative estimate of drug-likeness (QED) is 0.699. The first-order valence-corrected chi connectivity index (χ1v) is 5.30. The number of nitrogens with zero attached hydrogens (tertiary/aromatic N) is 2. The third kappa shape index (κ3) is 1.87. The van der Waals surface area contributed by atoms with E-state index in [2.05, 4.69) is 34.3 Å². The number of hydrogen-bond donors (Lipinski definition) is 0. The molecule has 1 aromatic heterocycles. The van der Waals surface area contributed by atoms with Gasteiger partial charge >= 0.3 is 0 Å². The maximum atomic E-state index is 4.38. The molecule has 0 aromatic carbocycles. The van der Waals surface area contributed by atoms with Gasteiger partial charge in [-0.3, -0.25) is 9.98 Å². The summed E-state index contributed by atoms with van der Waals surface area (Å²) in [5.41, 5.74) is 4.15. The average Bonchev–Trinajstić information content (AvgIpc) is 2.35. The zero-order valence-electron chi connectivity index (χ0n) is 9.51. The van der Waals surface area contributed by atoms with Gasteiger partial charge in [0.25, 0.3) is 0 Å². The lowest BCUT2D eigenvalue weighted by Gasteiger charge is -2.13. The Morgan fingerprint density at radius 2 is 2.19 bits per heavy atom. The fourth-order valence-corrected chi connectivity index (χ4v) is 1.71. The predicted octanol–water partition coefficient (Wildman–Crippen LogP) is 3.03. The summed E-state index contributed by atoms with van der Waals surface area (Å²) in [7, 11) is 1.80. The highest BCUT2D eigenvalue weighted by Crippen LogP contribution is 2.21. The minimum atomic E-state index is 0.955. The van der Waals surface area contributed by atoms with Gasteiger partial charge in [0, 0.05) is 24.4 Å². The minimum absolute atomic E-state index is 0.955. The third-order valence-corrected chi connectivity index (χ3v) is 2.47. The van der Waals surface area contributed by atoms with Gasteiger partial charge in [-0.15, -0.1) is 0 Å². The number of hydrogen-bond acceptors (Lipinski definition) is 2. The van der Waals surface area contributed by atoms with Gasteiger partial charge in [-0.2, -0.15) is 0 Å². The SMILES string of the molecule is C\C=C/C=C1/C=Cc2cccnc2/C1=N\C. The molecule has 0 atom stereocenters. The largest absolute Gasteiger partial charge is 0.286 e. The first-order valence-electron chi connectivity index (χ1n) is 5.30. The van der Waals surface area contributed by atoms with Gasteiger partial charge in [0.15, 0.2) is 0 Å². The summed E-state index contributed by atoms with van der Waals surface area (Å²) in [5.74, 6) is 0. The van der Waals surface area contributed by atoms with E-state index in [0.717, 1.165) is 22.5 Å². The van der Waals surface area contributed by atoms with Crippen molar-refractivity contribution >= 4 is 11.8 Å². The number of allylic oxidation sites excluding steroid dienone is 5. The van der Waals surface area contributed by atoms with Gasteiger partial charge in [0.1, 0.15) is 0 Å². The van der Waals surface area contributed by atoms with E-state index in [4.69, 9.17) is 0 Å². The molecule has 2 heteroatoms. The van der Waals surface area contributed by atoms with Crippen LogP contribution in [0.3, 0.4) is 0 Å². The van der Waals surface area contributed by atoms with E-state index >= 15 is 0 Å². The van der Waals surface area contributed by atoms with Crippen molar-refractivity contribution in [2.75, 3.05) is 7.05 Å². The van der Waals surface area contributed by atoms with Crippen LogP contribution in [0.5, 0.6) is 0 Å². The normalized spacial score (nSPS) is 19.6. The smallest absolute Gasteiger partial charge is 0.0959 e. The van der Waals surface area contributed by atoms with E-state index in [1.165, 1.54) is 0 Å². The fourth-order valence-electron chi connectivity index (χ4n) is 1.71. The van der Waals surface area contributed by atoms with Gasteiger partial charge in [-0.1, -0.05) is 36.4 Å². The maximum absolute atomic E-state index is 4.38. The Morgan fingerprint density at radius 1 is 1.31 bits per heavy atom. The Labute approximate surface area is 95.8 Å². The molecular formula is C14H14N2. The summed E-state index contributed by atoms with van der Waals surface area (Å²) in [6, 6.07) is 3.99. The van der Waals surface area contributed by atoms with E-state index in [1.807, 2.05) is 25.1 Å². The van der Waals surface area contributed by atoms with Crippen molar-refractivity contribution in [3.05, 3.63) is 59.5 Å². The van der Waals surface area contributed by atoms with E-state index in [9.17, 15) is 0 Å². The molecule has 0 N–H and O–H groups in total. The number of rotatable bonds is 1. The highest BCUT2D eigenvalue weighted by molar-refractivity contribution is 6.17. The third-order valence-electron chi connectivity index (χ3n) is 2.47. The van der Waals surface area contributed by atoms with Crippen molar-refractivity contribution in [1.82, 2.24) is 4.98 Å². The van der Waals surface area contributed by atoms with Crippen molar-refractivity contribution in [3.63, 3.8) is 0 Å². The van der Waals surface area contributed by atoms with Crippen molar-refractivity contribution in [2.24, 2.45) is 4.99 Å². The molecule has 0 saturated heterocycles. The second-order valence-electron chi connectivity index (χ2n) is 3.49. The molecule has 0 unspecified atom stereocenters. The molecule has 1 aliphatic rings. The molecule has 0 saturated carbocycles. The summed E-state index contributed by atoms with van der Waals surface area (Å²) in [6.45, 7) is 2.00. The van der Waals surface area contributed by atoms with Crippen LogP contribution in [0, 0.1) is 0 Å². The molecule has 0 aliphatic heterocycles. The summed E-state index contributed by atoms with van der Waals surface area (Å²) >= 11 is 0. The van der Waals surface area contributed by atoms with Crippen LogP contribution in [-0.4, -0.2) is 17.7 Å². The number of aliphatic imine (C=N–C) groups is 1. The van der Waals surface area contributed by atoms with Gasteiger partial charge < -0.3 is 0 Å². The zero-order valence-corrected chi connectivity index (χ0v) is 9.51. The second-order valence-corrected chi connectivity index (χ2v) is 3.49. The number of aromatic nitrogens is 1. The van der Waals surface area contributed by atoms with Gasteiger partial charge in [-0.05, 0) is 13.0 Å². The maximum Gasteiger partial charge on any atom is 0.0959 e. The Morgan fingerprint density at radius 3 is 2.94 bits per heavy atom. The monoisotopic (exact) mass is 210 g/mol. The summed E-state index contributed by atoms with van der Waals surface area (Å²) in [6.07, 6.45) is 12.0. The van der Waals surface area contributed by atoms with E-state index in [0.29, 0.717) is 0 Å². The Balaban J connectivity index is 2.53. The van der Waals surface area contributed by atoms with Crippen LogP contribution in [0.4, 0.5) is 0 Å². The average molecular weight is 210 g/mol.